The van der Waals surface area contributed by atoms with E-state index in [1.165, 1.54) is 6.07 Å². The zero-order chi connectivity index (χ0) is 14.5. The van der Waals surface area contributed by atoms with Gasteiger partial charge >= 0.3 is 0 Å². The van der Waals surface area contributed by atoms with Gasteiger partial charge in [0.25, 0.3) is 0 Å². The summed E-state index contributed by atoms with van der Waals surface area (Å²) < 4.78 is 15.5. The predicted octanol–water partition coefficient (Wildman–Crippen LogP) is 3.77. The first-order chi connectivity index (χ1) is 9.61. The highest BCUT2D eigenvalue weighted by Gasteiger charge is 2.14. The third-order valence-corrected chi connectivity index (χ3v) is 4.28. The molecule has 1 aromatic carbocycles. The molecule has 1 N–H and O–H groups in total. The Bertz CT molecular complexity index is 568. The normalized spacial score (nSPS) is 12.6. The van der Waals surface area contributed by atoms with E-state index in [0.717, 1.165) is 28.6 Å². The molecule has 0 saturated heterocycles. The van der Waals surface area contributed by atoms with Gasteiger partial charge in [0.15, 0.2) is 5.16 Å². The summed E-state index contributed by atoms with van der Waals surface area (Å²) in [7, 11) is 1.96. The highest BCUT2D eigenvalue weighted by Crippen LogP contribution is 2.32. The number of aryl methyl sites for hydroxylation is 1. The molecule has 5 heteroatoms. The summed E-state index contributed by atoms with van der Waals surface area (Å²) in [6.45, 7) is 5.10. The van der Waals surface area contributed by atoms with Crippen LogP contribution in [0.1, 0.15) is 31.9 Å². The van der Waals surface area contributed by atoms with E-state index >= 15 is 0 Å². The fraction of sp³-hybridized carbons (Fsp3) is 0.400. The highest BCUT2D eigenvalue weighted by atomic mass is 32.2. The molecule has 20 heavy (non-hydrogen) atoms. The minimum absolute atomic E-state index is 0.119. The third-order valence-electron chi connectivity index (χ3n) is 3.12. The van der Waals surface area contributed by atoms with Gasteiger partial charge in [-0.05, 0) is 43.7 Å². The van der Waals surface area contributed by atoms with E-state index in [-0.39, 0.29) is 11.9 Å². The van der Waals surface area contributed by atoms with Gasteiger partial charge in [0.05, 0.1) is 0 Å². The van der Waals surface area contributed by atoms with Gasteiger partial charge in [-0.15, -0.1) is 0 Å². The lowest BCUT2D eigenvalue weighted by molar-refractivity contribution is 0.554. The van der Waals surface area contributed by atoms with E-state index in [2.05, 4.69) is 24.1 Å². The number of imidazole rings is 1. The van der Waals surface area contributed by atoms with Crippen LogP contribution in [0.4, 0.5) is 4.39 Å². The van der Waals surface area contributed by atoms with Crippen molar-refractivity contribution in [3.05, 3.63) is 42.0 Å². The molecular weight excluding hydrogens is 273 g/mol. The van der Waals surface area contributed by atoms with Crippen molar-refractivity contribution in [3.8, 4) is 0 Å². The topological polar surface area (TPSA) is 29.9 Å². The van der Waals surface area contributed by atoms with Crippen LogP contribution >= 0.6 is 11.8 Å². The van der Waals surface area contributed by atoms with Crippen LogP contribution in [-0.2, 0) is 7.05 Å². The zero-order valence-corrected chi connectivity index (χ0v) is 12.9. The second-order valence-electron chi connectivity index (χ2n) is 4.78. The van der Waals surface area contributed by atoms with Crippen LogP contribution in [0.5, 0.6) is 0 Å². The molecular formula is C15H20FN3S. The summed E-state index contributed by atoms with van der Waals surface area (Å²) in [5.74, 6) is -0.200. The molecule has 1 atom stereocenters. The van der Waals surface area contributed by atoms with Crippen LogP contribution in [0.3, 0.4) is 0 Å². The molecule has 0 spiro atoms. The van der Waals surface area contributed by atoms with Gasteiger partial charge in [-0.2, -0.15) is 0 Å². The summed E-state index contributed by atoms with van der Waals surface area (Å²) in [5.41, 5.74) is 0.978. The van der Waals surface area contributed by atoms with Gasteiger partial charge in [0.2, 0.25) is 0 Å². The summed E-state index contributed by atoms with van der Waals surface area (Å²) in [6.07, 6.45) is 4.73. The van der Waals surface area contributed by atoms with E-state index in [1.807, 2.05) is 23.9 Å². The molecule has 2 rings (SSSR count). The van der Waals surface area contributed by atoms with E-state index in [0.29, 0.717) is 0 Å². The van der Waals surface area contributed by atoms with Crippen molar-refractivity contribution in [2.24, 2.45) is 7.05 Å². The average Bonchev–Trinajstić information content (AvgIpc) is 2.83. The SMILES string of the molecule is CCCNC(C)c1cc(F)ccc1Sc1nccn1C. The molecule has 0 fully saturated rings. The molecule has 0 aliphatic carbocycles. The number of nitrogens with zero attached hydrogens (tertiary/aromatic N) is 2. The summed E-state index contributed by atoms with van der Waals surface area (Å²) >= 11 is 1.56. The van der Waals surface area contributed by atoms with Gasteiger partial charge in [-0.25, -0.2) is 9.37 Å². The fourth-order valence-electron chi connectivity index (χ4n) is 1.97. The Morgan fingerprint density at radius 3 is 2.90 bits per heavy atom. The molecule has 0 radical (unpaired) electrons. The first-order valence-electron chi connectivity index (χ1n) is 6.79. The van der Waals surface area contributed by atoms with Crippen LogP contribution in [0.25, 0.3) is 0 Å². The molecule has 108 valence electrons. The average molecular weight is 293 g/mol. The molecule has 0 aliphatic heterocycles. The van der Waals surface area contributed by atoms with Crippen molar-refractivity contribution >= 4 is 11.8 Å². The standard InChI is InChI=1S/C15H20FN3S/c1-4-7-17-11(2)13-10-12(16)5-6-14(13)20-15-18-8-9-19(15)3/h5-6,8-11,17H,4,7H2,1-3H3. The second-order valence-corrected chi connectivity index (χ2v) is 5.79. The summed E-state index contributed by atoms with van der Waals surface area (Å²) in [5, 5.41) is 4.31. The highest BCUT2D eigenvalue weighted by molar-refractivity contribution is 7.99. The third kappa shape index (κ3) is 3.61. The Kier molecular flexibility index (Phi) is 5.20. The second kappa shape index (κ2) is 6.90. The Balaban J connectivity index is 2.25. The fourth-order valence-corrected chi connectivity index (χ4v) is 2.97. The largest absolute Gasteiger partial charge is 0.329 e. The van der Waals surface area contributed by atoms with Gasteiger partial charge < -0.3 is 9.88 Å². The molecule has 0 bridgehead atoms. The first-order valence-corrected chi connectivity index (χ1v) is 7.61. The minimum Gasteiger partial charge on any atom is -0.329 e. The smallest absolute Gasteiger partial charge is 0.172 e. The van der Waals surface area contributed by atoms with E-state index in [9.17, 15) is 4.39 Å². The number of aromatic nitrogens is 2. The number of rotatable bonds is 6. The van der Waals surface area contributed by atoms with Crippen molar-refractivity contribution < 1.29 is 4.39 Å². The zero-order valence-electron chi connectivity index (χ0n) is 12.1. The molecule has 1 aromatic heterocycles. The van der Waals surface area contributed by atoms with E-state index < -0.39 is 0 Å². The molecule has 2 aromatic rings. The van der Waals surface area contributed by atoms with Crippen LogP contribution in [-0.4, -0.2) is 16.1 Å². The van der Waals surface area contributed by atoms with E-state index in [4.69, 9.17) is 0 Å². The van der Waals surface area contributed by atoms with Crippen LogP contribution < -0.4 is 5.32 Å². The van der Waals surface area contributed by atoms with Crippen LogP contribution in [0.2, 0.25) is 0 Å². The van der Waals surface area contributed by atoms with Crippen molar-refractivity contribution in [3.63, 3.8) is 0 Å². The Morgan fingerprint density at radius 2 is 2.25 bits per heavy atom. The number of hydrogen-bond donors (Lipinski definition) is 1. The predicted molar refractivity (Wildman–Crippen MR) is 80.4 cm³/mol. The lowest BCUT2D eigenvalue weighted by Crippen LogP contribution is -2.20. The monoisotopic (exact) mass is 293 g/mol. The molecule has 0 aliphatic rings. The van der Waals surface area contributed by atoms with Gasteiger partial charge in [-0.3, -0.25) is 0 Å². The number of hydrogen-bond acceptors (Lipinski definition) is 3. The Labute approximate surface area is 123 Å². The van der Waals surface area contributed by atoms with Crippen molar-refractivity contribution in [2.75, 3.05) is 6.54 Å². The summed E-state index contributed by atoms with van der Waals surface area (Å²) in [6, 6.07) is 5.06. The van der Waals surface area contributed by atoms with E-state index in [1.54, 1.807) is 24.0 Å². The summed E-state index contributed by atoms with van der Waals surface area (Å²) in [4.78, 5) is 5.35. The van der Waals surface area contributed by atoms with Gasteiger partial charge in [0, 0.05) is 30.4 Å². The van der Waals surface area contributed by atoms with Crippen molar-refractivity contribution in [1.29, 1.82) is 0 Å². The maximum atomic E-state index is 13.5. The first kappa shape index (κ1) is 15.1. The quantitative estimate of drug-likeness (QED) is 0.879. The van der Waals surface area contributed by atoms with Crippen LogP contribution in [0.15, 0.2) is 40.6 Å². The maximum Gasteiger partial charge on any atom is 0.172 e. The number of nitrogens with one attached hydrogen (secondary N) is 1. The molecule has 3 nitrogen and oxygen atoms in total. The lowest BCUT2D eigenvalue weighted by Gasteiger charge is -2.17. The van der Waals surface area contributed by atoms with Gasteiger partial charge in [0.1, 0.15) is 5.82 Å². The molecule has 1 unspecified atom stereocenters. The minimum atomic E-state index is -0.200. The Morgan fingerprint density at radius 1 is 1.45 bits per heavy atom. The lowest BCUT2D eigenvalue weighted by atomic mass is 10.1. The maximum absolute atomic E-state index is 13.5. The van der Waals surface area contributed by atoms with Gasteiger partial charge in [-0.1, -0.05) is 18.7 Å². The Hall–Kier alpha value is -1.33. The van der Waals surface area contributed by atoms with Crippen molar-refractivity contribution in [1.82, 2.24) is 14.9 Å². The van der Waals surface area contributed by atoms with Crippen LogP contribution in [0, 0.1) is 5.82 Å². The number of halogens is 1. The molecule has 1 heterocycles. The molecule has 0 saturated carbocycles. The van der Waals surface area contributed by atoms with Crippen molar-refractivity contribution in [2.45, 2.75) is 36.4 Å². The molecule has 0 amide bonds. The number of benzene rings is 1.